The molecule has 0 aromatic heterocycles. The molecule has 0 aliphatic carbocycles. The van der Waals surface area contributed by atoms with Gasteiger partial charge in [-0.05, 0) is 55.7 Å². The molecule has 0 saturated carbocycles. The summed E-state index contributed by atoms with van der Waals surface area (Å²) in [6, 6.07) is 10.0. The van der Waals surface area contributed by atoms with E-state index in [2.05, 4.69) is 48.8 Å². The summed E-state index contributed by atoms with van der Waals surface area (Å²) in [5.41, 5.74) is 11.5. The lowest BCUT2D eigenvalue weighted by Crippen LogP contribution is -2.12. The van der Waals surface area contributed by atoms with Crippen molar-refractivity contribution in [3.63, 3.8) is 0 Å². The van der Waals surface area contributed by atoms with Crippen LogP contribution in [0.1, 0.15) is 27.8 Å². The Hall–Kier alpha value is -1.39. The SMILES string of the molecule is Cc1cc(C)c(COc2ccc(Br)cc2C(N)=S)c(C)c1. The number of aryl methyl sites for hydroxylation is 3. The fourth-order valence-corrected chi connectivity index (χ4v) is 2.93. The van der Waals surface area contributed by atoms with Gasteiger partial charge in [-0.3, -0.25) is 0 Å². The normalized spacial score (nSPS) is 10.5. The van der Waals surface area contributed by atoms with E-state index in [1.165, 1.54) is 22.3 Å². The Labute approximate surface area is 139 Å². The third-order valence-corrected chi connectivity index (χ3v) is 4.13. The van der Waals surface area contributed by atoms with Gasteiger partial charge in [0.25, 0.3) is 0 Å². The van der Waals surface area contributed by atoms with E-state index in [1.807, 2.05) is 18.2 Å². The molecule has 4 heteroatoms. The number of hydrogen-bond donors (Lipinski definition) is 1. The first-order valence-electron chi connectivity index (χ1n) is 6.67. The number of benzene rings is 2. The van der Waals surface area contributed by atoms with Crippen LogP contribution >= 0.6 is 28.1 Å². The van der Waals surface area contributed by atoms with Gasteiger partial charge in [0.15, 0.2) is 0 Å². The van der Waals surface area contributed by atoms with Crippen LogP contribution in [0.5, 0.6) is 5.75 Å². The molecule has 21 heavy (non-hydrogen) atoms. The van der Waals surface area contributed by atoms with Crippen molar-refractivity contribution in [2.75, 3.05) is 0 Å². The molecular formula is C17H18BrNOS. The first-order chi connectivity index (χ1) is 9.88. The van der Waals surface area contributed by atoms with Crippen molar-refractivity contribution in [2.45, 2.75) is 27.4 Å². The van der Waals surface area contributed by atoms with Crippen molar-refractivity contribution in [3.05, 3.63) is 62.6 Å². The number of rotatable bonds is 4. The molecule has 0 bridgehead atoms. The third-order valence-electron chi connectivity index (χ3n) is 3.42. The molecule has 0 aliphatic rings. The Morgan fingerprint density at radius 1 is 1.14 bits per heavy atom. The first-order valence-corrected chi connectivity index (χ1v) is 7.87. The predicted octanol–water partition coefficient (Wildman–Crippen LogP) is 4.59. The molecule has 0 fully saturated rings. The third kappa shape index (κ3) is 3.83. The van der Waals surface area contributed by atoms with Crippen molar-refractivity contribution in [2.24, 2.45) is 5.73 Å². The van der Waals surface area contributed by atoms with Gasteiger partial charge in [0.1, 0.15) is 17.3 Å². The highest BCUT2D eigenvalue weighted by Crippen LogP contribution is 2.25. The topological polar surface area (TPSA) is 35.2 Å². The lowest BCUT2D eigenvalue weighted by Gasteiger charge is -2.15. The van der Waals surface area contributed by atoms with Crippen LogP contribution in [-0.4, -0.2) is 4.99 Å². The van der Waals surface area contributed by atoms with E-state index in [0.29, 0.717) is 17.3 Å². The van der Waals surface area contributed by atoms with Crippen LogP contribution in [-0.2, 0) is 6.61 Å². The van der Waals surface area contributed by atoms with Gasteiger partial charge >= 0.3 is 0 Å². The zero-order chi connectivity index (χ0) is 15.6. The second kappa shape index (κ2) is 6.58. The van der Waals surface area contributed by atoms with Gasteiger partial charge in [-0.1, -0.05) is 45.8 Å². The summed E-state index contributed by atoms with van der Waals surface area (Å²) in [5, 5.41) is 0. The van der Waals surface area contributed by atoms with Crippen LogP contribution in [0.15, 0.2) is 34.8 Å². The van der Waals surface area contributed by atoms with Crippen LogP contribution in [0, 0.1) is 20.8 Å². The van der Waals surface area contributed by atoms with E-state index in [4.69, 9.17) is 22.7 Å². The molecule has 110 valence electrons. The lowest BCUT2D eigenvalue weighted by atomic mass is 10.0. The molecule has 2 N–H and O–H groups in total. The van der Waals surface area contributed by atoms with Crippen LogP contribution in [0.4, 0.5) is 0 Å². The smallest absolute Gasteiger partial charge is 0.130 e. The van der Waals surface area contributed by atoms with Gasteiger partial charge in [-0.25, -0.2) is 0 Å². The van der Waals surface area contributed by atoms with E-state index >= 15 is 0 Å². The quantitative estimate of drug-likeness (QED) is 0.806. The molecular weight excluding hydrogens is 346 g/mol. The van der Waals surface area contributed by atoms with Crippen LogP contribution < -0.4 is 10.5 Å². The van der Waals surface area contributed by atoms with Crippen molar-refractivity contribution < 1.29 is 4.74 Å². The molecule has 0 amide bonds. The number of thiocarbonyl (C=S) groups is 1. The van der Waals surface area contributed by atoms with Gasteiger partial charge in [-0.15, -0.1) is 0 Å². The lowest BCUT2D eigenvalue weighted by molar-refractivity contribution is 0.304. The summed E-state index contributed by atoms with van der Waals surface area (Å²) in [4.78, 5) is 0.337. The molecule has 2 aromatic carbocycles. The number of halogens is 1. The van der Waals surface area contributed by atoms with Crippen molar-refractivity contribution in [1.82, 2.24) is 0 Å². The Bertz CT molecular complexity index is 674. The minimum absolute atomic E-state index is 0.337. The monoisotopic (exact) mass is 363 g/mol. The average Bonchev–Trinajstić information content (AvgIpc) is 2.38. The summed E-state index contributed by atoms with van der Waals surface area (Å²) in [5.74, 6) is 0.713. The van der Waals surface area contributed by atoms with E-state index in [0.717, 1.165) is 10.0 Å². The Kier molecular flexibility index (Phi) is 5.01. The first kappa shape index (κ1) is 16.0. The molecule has 0 saturated heterocycles. The second-order valence-corrected chi connectivity index (χ2v) is 6.53. The number of hydrogen-bond acceptors (Lipinski definition) is 2. The summed E-state index contributed by atoms with van der Waals surface area (Å²) >= 11 is 8.51. The molecule has 0 aliphatic heterocycles. The maximum Gasteiger partial charge on any atom is 0.130 e. The van der Waals surface area contributed by atoms with E-state index in [1.54, 1.807) is 0 Å². The van der Waals surface area contributed by atoms with Gasteiger partial charge in [-0.2, -0.15) is 0 Å². The van der Waals surface area contributed by atoms with Gasteiger partial charge in [0, 0.05) is 4.47 Å². The molecule has 0 heterocycles. The minimum atomic E-state index is 0.337. The van der Waals surface area contributed by atoms with Gasteiger partial charge in [0.2, 0.25) is 0 Å². The zero-order valence-corrected chi connectivity index (χ0v) is 14.8. The fourth-order valence-electron chi connectivity index (χ4n) is 2.41. The standard InChI is InChI=1S/C17H18BrNOS/c1-10-6-11(2)15(12(3)7-10)9-20-16-5-4-13(18)8-14(16)17(19)21/h4-8H,9H2,1-3H3,(H2,19,21). The van der Waals surface area contributed by atoms with Crippen molar-refractivity contribution in [3.8, 4) is 5.75 Å². The van der Waals surface area contributed by atoms with Crippen LogP contribution in [0.3, 0.4) is 0 Å². The van der Waals surface area contributed by atoms with Gasteiger partial charge < -0.3 is 10.5 Å². The van der Waals surface area contributed by atoms with E-state index in [9.17, 15) is 0 Å². The number of ether oxygens (including phenoxy) is 1. The second-order valence-electron chi connectivity index (χ2n) is 5.17. The van der Waals surface area contributed by atoms with Crippen LogP contribution in [0.25, 0.3) is 0 Å². The van der Waals surface area contributed by atoms with Crippen molar-refractivity contribution in [1.29, 1.82) is 0 Å². The average molecular weight is 364 g/mol. The summed E-state index contributed by atoms with van der Waals surface area (Å²) in [7, 11) is 0. The Morgan fingerprint density at radius 2 is 1.76 bits per heavy atom. The largest absolute Gasteiger partial charge is 0.488 e. The van der Waals surface area contributed by atoms with Gasteiger partial charge in [0.05, 0.1) is 5.56 Å². The summed E-state index contributed by atoms with van der Waals surface area (Å²) in [6.07, 6.45) is 0. The molecule has 2 aromatic rings. The molecule has 0 atom stereocenters. The Balaban J connectivity index is 2.27. The van der Waals surface area contributed by atoms with E-state index < -0.39 is 0 Å². The zero-order valence-electron chi connectivity index (χ0n) is 12.4. The van der Waals surface area contributed by atoms with Crippen LogP contribution in [0.2, 0.25) is 0 Å². The summed E-state index contributed by atoms with van der Waals surface area (Å²) in [6.45, 7) is 6.82. The number of nitrogens with two attached hydrogens (primary N) is 1. The maximum absolute atomic E-state index is 5.95. The molecule has 0 unspecified atom stereocenters. The highest BCUT2D eigenvalue weighted by atomic mass is 79.9. The molecule has 0 radical (unpaired) electrons. The molecule has 2 nitrogen and oxygen atoms in total. The molecule has 0 spiro atoms. The molecule has 2 rings (SSSR count). The Morgan fingerprint density at radius 3 is 2.33 bits per heavy atom. The van der Waals surface area contributed by atoms with Crippen molar-refractivity contribution >= 4 is 33.1 Å². The highest BCUT2D eigenvalue weighted by Gasteiger charge is 2.10. The maximum atomic E-state index is 5.95. The summed E-state index contributed by atoms with van der Waals surface area (Å²) < 4.78 is 6.88. The minimum Gasteiger partial charge on any atom is -0.488 e. The fraction of sp³-hybridized carbons (Fsp3) is 0.235. The predicted molar refractivity (Wildman–Crippen MR) is 95.0 cm³/mol. The van der Waals surface area contributed by atoms with E-state index in [-0.39, 0.29) is 0 Å². The highest BCUT2D eigenvalue weighted by molar-refractivity contribution is 9.10.